The molecule has 0 fully saturated rings. The monoisotopic (exact) mass is 1030 g/mol. The molecule has 58 heavy (non-hydrogen) atoms. The summed E-state index contributed by atoms with van der Waals surface area (Å²) < 4.78 is 259. The van der Waals surface area contributed by atoms with Gasteiger partial charge in [0.25, 0.3) is 0 Å². The third-order valence-electron chi connectivity index (χ3n) is 6.24. The quantitative estimate of drug-likeness (QED) is 0.121. The van der Waals surface area contributed by atoms with Gasteiger partial charge in [0.2, 0.25) is 0 Å². The molecule has 3 N–H and O–H groups in total. The Morgan fingerprint density at radius 1 is 0.328 bits per heavy atom. The van der Waals surface area contributed by atoms with Gasteiger partial charge in [-0.05, 0) is 0 Å². The zero-order valence-corrected chi connectivity index (χ0v) is 33.9. The summed E-state index contributed by atoms with van der Waals surface area (Å²) in [4.78, 5) is 33.6. The summed E-state index contributed by atoms with van der Waals surface area (Å²) in [6.45, 7) is 10.9. The molecule has 0 amide bonds. The van der Waals surface area contributed by atoms with Gasteiger partial charge in [-0.1, -0.05) is 62.3 Å². The number of aliphatic hydroxyl groups excluding tert-OH is 3. The van der Waals surface area contributed by atoms with Crippen molar-refractivity contribution in [3.05, 3.63) is 35.5 Å². The van der Waals surface area contributed by atoms with E-state index in [0.717, 1.165) is 0 Å². The van der Waals surface area contributed by atoms with Crippen LogP contribution in [0.3, 0.4) is 0 Å². The van der Waals surface area contributed by atoms with E-state index in [0.29, 0.717) is 0 Å². The van der Waals surface area contributed by atoms with Gasteiger partial charge in [-0.2, -0.15) is 92.2 Å². The van der Waals surface area contributed by atoms with E-state index < -0.39 is 105 Å². The molecule has 0 atom stereocenters. The van der Waals surface area contributed by atoms with Crippen LogP contribution in [-0.4, -0.2) is 86.7 Å². The van der Waals surface area contributed by atoms with Gasteiger partial charge in [-0.25, -0.2) is 0 Å². The maximum Gasteiger partial charge on any atom is 0.460 e. The Morgan fingerprint density at radius 2 is 0.448 bits per heavy atom. The fourth-order valence-electron chi connectivity index (χ4n) is 2.31. The molecule has 0 bridgehead atoms. The van der Waals surface area contributed by atoms with Crippen LogP contribution < -0.4 is 0 Å². The van der Waals surface area contributed by atoms with Gasteiger partial charge < -0.3 is 15.3 Å². The van der Waals surface area contributed by atoms with E-state index in [1.807, 2.05) is 0 Å². The van der Waals surface area contributed by atoms with E-state index >= 15 is 0 Å². The van der Waals surface area contributed by atoms with Crippen molar-refractivity contribution < 1.29 is 163 Å². The Hall–Kier alpha value is -2.49. The fraction of sp³-hybridized carbons (Fsp3) is 0.700. The van der Waals surface area contributed by atoms with Gasteiger partial charge in [0.1, 0.15) is 0 Å². The zero-order valence-electron chi connectivity index (χ0n) is 30.7. The van der Waals surface area contributed by atoms with E-state index in [4.69, 9.17) is 15.3 Å². The Kier molecular flexibility index (Phi) is 20.4. The number of carbonyl (C=O) groups is 3. The number of carbonyl (C=O) groups excluding carboxylic acids is 3. The molecule has 0 saturated heterocycles. The van der Waals surface area contributed by atoms with Crippen LogP contribution in [0.2, 0.25) is 0 Å². The second-order valence-electron chi connectivity index (χ2n) is 14.4. The molecule has 6 nitrogen and oxygen atoms in total. The summed E-state index contributed by atoms with van der Waals surface area (Å²) >= 11 is 0. The van der Waals surface area contributed by atoms with E-state index in [9.17, 15) is 107 Å². The van der Waals surface area contributed by atoms with Crippen LogP contribution in [0, 0.1) is 57.1 Å². The van der Waals surface area contributed by atoms with Gasteiger partial charge >= 0.3 is 54.1 Å². The third-order valence-corrected chi connectivity index (χ3v) is 6.24. The van der Waals surface area contributed by atoms with Crippen molar-refractivity contribution in [3.63, 3.8) is 0 Å². The number of hydrogen-bond acceptors (Lipinski definition) is 6. The number of aliphatic hydroxyl groups is 3. The standard InChI is InChI=1S/3C10H11F7O2.Nd/c3*1-7(2,3)5(18)4-6(19)8(11,12)9(13,14)10(15,16)17;/h3*4,19H,1-3H3;/b3*6-4+;. The van der Waals surface area contributed by atoms with Crippen LogP contribution in [0.1, 0.15) is 62.3 Å². The normalized spacial score (nSPS) is 15.3. The predicted octanol–water partition coefficient (Wildman–Crippen LogP) is 11.6. The molecule has 0 aromatic rings. The Balaban J connectivity index is -0.000000374. The van der Waals surface area contributed by atoms with Gasteiger partial charge in [0, 0.05) is 75.3 Å². The zero-order chi connectivity index (χ0) is 47.6. The van der Waals surface area contributed by atoms with Crippen molar-refractivity contribution in [2.75, 3.05) is 0 Å². The summed E-state index contributed by atoms with van der Waals surface area (Å²) in [6.07, 6.45) is -20.7. The van der Waals surface area contributed by atoms with Crippen molar-refractivity contribution >= 4 is 17.3 Å². The largest absolute Gasteiger partial charge is 0.506 e. The first-order chi connectivity index (χ1) is 24.1. The van der Waals surface area contributed by atoms with Crippen LogP contribution in [0.4, 0.5) is 92.2 Å². The molecule has 340 valence electrons. The number of alkyl halides is 21. The maximum atomic E-state index is 12.9. The smallest absolute Gasteiger partial charge is 0.460 e. The van der Waals surface area contributed by atoms with Crippen molar-refractivity contribution in [2.45, 2.75) is 116 Å². The first-order valence-electron chi connectivity index (χ1n) is 14.5. The SMILES string of the molecule is CC(C)(C)C(=O)/C=C(/O)C(F)(F)C(F)(F)C(F)(F)F.CC(C)(C)C(=O)/C=C(/O)C(F)(F)C(F)(F)C(F)(F)F.CC(C)(C)C(=O)/C=C(/O)C(F)(F)C(F)(F)C(F)(F)F.[Nd]. The first kappa shape index (κ1) is 62.2. The van der Waals surface area contributed by atoms with Gasteiger partial charge in [-0.15, -0.1) is 0 Å². The minimum atomic E-state index is -6.57. The molecule has 0 radical (unpaired) electrons. The van der Waals surface area contributed by atoms with Gasteiger partial charge in [-0.3, -0.25) is 14.4 Å². The number of hydrogen-bond donors (Lipinski definition) is 3. The molecular weight excluding hydrogens is 1000 g/mol. The predicted molar refractivity (Wildman–Crippen MR) is 153 cm³/mol. The van der Waals surface area contributed by atoms with Crippen LogP contribution in [0.25, 0.3) is 0 Å². The number of allylic oxidation sites excluding steroid dienone is 6. The van der Waals surface area contributed by atoms with Crippen molar-refractivity contribution in [1.29, 1.82) is 0 Å². The van der Waals surface area contributed by atoms with Crippen molar-refractivity contribution in [3.8, 4) is 0 Å². The minimum absolute atomic E-state index is 0. The first-order valence-corrected chi connectivity index (χ1v) is 14.5. The molecule has 0 spiro atoms. The molecule has 0 aromatic carbocycles. The molecular formula is C30H33F21NdO6. The molecule has 0 aliphatic rings. The second kappa shape index (κ2) is 19.1. The van der Waals surface area contributed by atoms with E-state index in [2.05, 4.69) is 0 Å². The molecule has 0 rings (SSSR count). The summed E-state index contributed by atoms with van der Waals surface area (Å²) in [6, 6.07) is 0. The Bertz CT molecular complexity index is 1350. The summed E-state index contributed by atoms with van der Waals surface area (Å²) in [5.74, 6) is -48.8. The van der Waals surface area contributed by atoms with E-state index in [1.54, 1.807) is 0 Å². The molecule has 0 saturated carbocycles. The van der Waals surface area contributed by atoms with Gasteiger partial charge in [0.05, 0.1) is 0 Å². The maximum absolute atomic E-state index is 12.9. The number of rotatable bonds is 9. The van der Waals surface area contributed by atoms with Crippen LogP contribution in [0.5, 0.6) is 0 Å². The fourth-order valence-corrected chi connectivity index (χ4v) is 2.31. The topological polar surface area (TPSA) is 112 Å². The molecule has 0 aromatic heterocycles. The minimum Gasteiger partial charge on any atom is -0.506 e. The number of halogens is 21. The van der Waals surface area contributed by atoms with Crippen LogP contribution in [-0.2, 0) is 14.4 Å². The van der Waals surface area contributed by atoms with Gasteiger partial charge in [0.15, 0.2) is 34.6 Å². The van der Waals surface area contributed by atoms with Crippen molar-refractivity contribution in [1.82, 2.24) is 0 Å². The molecule has 0 unspecified atom stereocenters. The summed E-state index contributed by atoms with van der Waals surface area (Å²) in [5.41, 5.74) is -3.97. The van der Waals surface area contributed by atoms with E-state index in [-0.39, 0.29) is 59.1 Å². The summed E-state index contributed by atoms with van der Waals surface area (Å²) in [7, 11) is 0. The number of ketones is 3. The Labute approximate surface area is 347 Å². The molecule has 0 aliphatic carbocycles. The molecule has 0 heterocycles. The Morgan fingerprint density at radius 3 is 0.534 bits per heavy atom. The third kappa shape index (κ3) is 14.9. The summed E-state index contributed by atoms with van der Waals surface area (Å²) in [5, 5.41) is 26.2. The average molecular weight is 1030 g/mol. The van der Waals surface area contributed by atoms with Crippen LogP contribution in [0.15, 0.2) is 35.5 Å². The molecule has 0 aliphatic heterocycles. The second-order valence-corrected chi connectivity index (χ2v) is 14.4. The molecule has 28 heteroatoms. The average Bonchev–Trinajstić information content (AvgIpc) is 2.93. The van der Waals surface area contributed by atoms with E-state index in [1.165, 1.54) is 62.3 Å². The van der Waals surface area contributed by atoms with Crippen LogP contribution >= 0.6 is 0 Å². The van der Waals surface area contributed by atoms with Crippen molar-refractivity contribution in [2.24, 2.45) is 16.2 Å².